The monoisotopic (exact) mass is 513 g/mol. The normalized spacial score (nSPS) is 17.0. The number of hydrogen-bond acceptors (Lipinski definition) is 1. The van der Waals surface area contributed by atoms with Gasteiger partial charge in [0.2, 0.25) is 0 Å². The predicted octanol–water partition coefficient (Wildman–Crippen LogP) is 10.7. The van der Waals surface area contributed by atoms with Gasteiger partial charge in [-0.15, -0.1) is 0 Å². The molecule has 1 aliphatic rings. The van der Waals surface area contributed by atoms with Crippen LogP contribution in [0.4, 0.5) is 4.39 Å². The Balaban J connectivity index is 0.000000389. The molecule has 2 unspecified atom stereocenters. The quantitative estimate of drug-likeness (QED) is 0.366. The molecule has 0 bridgehead atoms. The Morgan fingerprint density at radius 2 is 1.76 bits per heavy atom. The molecule has 0 aliphatic heterocycles. The van der Waals surface area contributed by atoms with Crippen LogP contribution in [-0.2, 0) is 0 Å². The minimum absolute atomic E-state index is 0.107. The van der Waals surface area contributed by atoms with E-state index in [9.17, 15) is 4.39 Å². The van der Waals surface area contributed by atoms with E-state index < -0.39 is 5.41 Å². The van der Waals surface area contributed by atoms with Crippen molar-refractivity contribution in [2.75, 3.05) is 0 Å². The Morgan fingerprint density at radius 3 is 2.34 bits per heavy atom. The molecule has 0 saturated carbocycles. The summed E-state index contributed by atoms with van der Waals surface area (Å²) < 4.78 is 14.8. The lowest BCUT2D eigenvalue weighted by Crippen LogP contribution is -2.22. The van der Waals surface area contributed by atoms with E-state index in [0.717, 1.165) is 28.8 Å². The van der Waals surface area contributed by atoms with Crippen LogP contribution in [0.2, 0.25) is 0 Å². The van der Waals surface area contributed by atoms with Gasteiger partial charge < -0.3 is 5.73 Å². The molecule has 0 amide bonds. The average molecular weight is 514 g/mol. The van der Waals surface area contributed by atoms with Crippen molar-refractivity contribution in [1.82, 2.24) is 0 Å². The fourth-order valence-electron chi connectivity index (χ4n) is 4.38. The molecular weight excluding hydrogens is 465 g/mol. The number of aryl methyl sites for hydroxylation is 2. The van der Waals surface area contributed by atoms with Crippen molar-refractivity contribution in [3.63, 3.8) is 0 Å². The van der Waals surface area contributed by atoms with Crippen LogP contribution in [-0.4, -0.2) is 0 Å². The van der Waals surface area contributed by atoms with E-state index in [4.69, 9.17) is 5.73 Å². The highest BCUT2D eigenvalue weighted by Gasteiger charge is 2.35. The Hall–Kier alpha value is -3.39. The largest absolute Gasteiger partial charge is 0.398 e. The molecule has 0 saturated heterocycles. The van der Waals surface area contributed by atoms with Gasteiger partial charge >= 0.3 is 0 Å². The molecular formula is C36H48FN. The number of hydrogen-bond donors (Lipinski definition) is 1. The molecule has 0 fully saturated rings. The first-order chi connectivity index (χ1) is 18.1. The minimum Gasteiger partial charge on any atom is -0.398 e. The van der Waals surface area contributed by atoms with Crippen LogP contribution in [0.15, 0.2) is 109 Å². The van der Waals surface area contributed by atoms with E-state index in [-0.39, 0.29) is 5.83 Å². The van der Waals surface area contributed by atoms with Gasteiger partial charge in [-0.25, -0.2) is 4.39 Å². The van der Waals surface area contributed by atoms with Crippen LogP contribution in [0, 0.1) is 25.2 Å². The number of rotatable bonds is 7. The predicted molar refractivity (Wildman–Crippen MR) is 168 cm³/mol. The molecule has 1 nitrogen and oxygen atoms in total. The minimum atomic E-state index is -0.693. The van der Waals surface area contributed by atoms with Crippen molar-refractivity contribution in [2.45, 2.75) is 68.2 Å². The molecule has 0 heterocycles. The first kappa shape index (κ1) is 32.6. The fourth-order valence-corrected chi connectivity index (χ4v) is 4.38. The van der Waals surface area contributed by atoms with Crippen LogP contribution >= 0.6 is 0 Å². The summed E-state index contributed by atoms with van der Waals surface area (Å²) in [6.45, 7) is 20.3. The molecule has 0 spiro atoms. The summed E-state index contributed by atoms with van der Waals surface area (Å²) in [6.07, 6.45) is 15.5. The lowest BCUT2D eigenvalue weighted by atomic mass is 9.71. The third-order valence-corrected chi connectivity index (χ3v) is 6.87. The van der Waals surface area contributed by atoms with Crippen LogP contribution in [0.5, 0.6) is 0 Å². The molecule has 0 radical (unpaired) electrons. The van der Waals surface area contributed by atoms with Crippen LogP contribution in [0.25, 0.3) is 11.3 Å². The first-order valence-corrected chi connectivity index (χ1v) is 13.7. The molecule has 3 rings (SSSR count). The zero-order chi connectivity index (χ0) is 28.7. The van der Waals surface area contributed by atoms with Gasteiger partial charge in [-0.2, -0.15) is 0 Å². The lowest BCUT2D eigenvalue weighted by Gasteiger charge is -2.34. The molecule has 2 aromatic rings. The van der Waals surface area contributed by atoms with Crippen molar-refractivity contribution in [3.8, 4) is 0 Å². The number of benzene rings is 2. The Labute approximate surface area is 232 Å². The summed E-state index contributed by atoms with van der Waals surface area (Å²) >= 11 is 0. The Morgan fingerprint density at radius 1 is 1.11 bits per heavy atom. The second kappa shape index (κ2) is 16.5. The molecule has 2 heteroatoms. The molecule has 1 aliphatic carbocycles. The second-order valence-corrected chi connectivity index (χ2v) is 9.76. The number of halogens is 1. The van der Waals surface area contributed by atoms with Gasteiger partial charge in [0.1, 0.15) is 5.83 Å². The Kier molecular flexibility index (Phi) is 14.1. The molecule has 38 heavy (non-hydrogen) atoms. The van der Waals surface area contributed by atoms with Gasteiger partial charge in [0.15, 0.2) is 0 Å². The van der Waals surface area contributed by atoms with E-state index in [1.165, 1.54) is 16.7 Å². The van der Waals surface area contributed by atoms with E-state index >= 15 is 0 Å². The maximum atomic E-state index is 14.8. The summed E-state index contributed by atoms with van der Waals surface area (Å²) in [5.74, 6) is 0.349. The van der Waals surface area contributed by atoms with Crippen molar-refractivity contribution < 1.29 is 4.39 Å². The number of allylic oxidation sites excluding steroid dienone is 10. The molecule has 2 atom stereocenters. The SMILES string of the molecule is C/C=C\C=C(/N)c1cc(C)ccc1C.C=C(c1ccccc1)C(C)(CC1=CC=CCC1C)C(F)=CC.CC. The average Bonchev–Trinajstić information content (AvgIpc) is 2.95. The molecule has 2 N–H and O–H groups in total. The third kappa shape index (κ3) is 9.17. The van der Waals surface area contributed by atoms with Crippen LogP contribution in [0.3, 0.4) is 0 Å². The molecule has 0 aromatic heterocycles. The standard InChI is InChI=1S/C21H25F.C13H17N.C2H6/c1-5-20(22)21(4,15-19-14-10-9-11-16(19)2)17(3)18-12-7-6-8-13-18;1-4-5-6-13(14)12-9-10(2)7-8-11(12)3;1-2/h5-10,12-14,16H,3,11,15H2,1-2,4H3;4-9H,14H2,1-3H3;1-2H3/b;5-4-,13-6-;. The van der Waals surface area contributed by atoms with Gasteiger partial charge in [-0.3, -0.25) is 0 Å². The summed E-state index contributed by atoms with van der Waals surface area (Å²) in [7, 11) is 0. The van der Waals surface area contributed by atoms with Crippen molar-refractivity contribution in [2.24, 2.45) is 17.1 Å². The first-order valence-electron chi connectivity index (χ1n) is 13.7. The van der Waals surface area contributed by atoms with Gasteiger partial charge in [0.05, 0.1) is 0 Å². The fraction of sp³-hybridized carbons (Fsp3) is 0.333. The number of nitrogens with two attached hydrogens (primary N) is 1. The van der Waals surface area contributed by atoms with E-state index in [2.05, 4.69) is 63.8 Å². The van der Waals surface area contributed by atoms with Crippen LogP contribution in [0.1, 0.15) is 76.6 Å². The third-order valence-electron chi connectivity index (χ3n) is 6.87. The topological polar surface area (TPSA) is 26.0 Å². The highest BCUT2D eigenvalue weighted by atomic mass is 19.1. The van der Waals surface area contributed by atoms with E-state index in [0.29, 0.717) is 12.3 Å². The maximum absolute atomic E-state index is 14.8. The molecule has 2 aromatic carbocycles. The van der Waals surface area contributed by atoms with Crippen LogP contribution < -0.4 is 5.73 Å². The highest BCUT2D eigenvalue weighted by Crippen LogP contribution is 2.47. The second-order valence-electron chi connectivity index (χ2n) is 9.76. The van der Waals surface area contributed by atoms with Crippen molar-refractivity contribution in [1.29, 1.82) is 0 Å². The summed E-state index contributed by atoms with van der Waals surface area (Å²) in [6, 6.07) is 16.2. The van der Waals surface area contributed by atoms with Gasteiger partial charge in [0.25, 0.3) is 0 Å². The van der Waals surface area contributed by atoms with Gasteiger partial charge in [0, 0.05) is 16.7 Å². The summed E-state index contributed by atoms with van der Waals surface area (Å²) in [5, 5.41) is 0. The summed E-state index contributed by atoms with van der Waals surface area (Å²) in [4.78, 5) is 0. The maximum Gasteiger partial charge on any atom is 0.106 e. The molecule has 204 valence electrons. The highest BCUT2D eigenvalue weighted by molar-refractivity contribution is 5.71. The summed E-state index contributed by atoms with van der Waals surface area (Å²) in [5.41, 5.74) is 12.8. The smallest absolute Gasteiger partial charge is 0.106 e. The zero-order valence-corrected chi connectivity index (χ0v) is 24.8. The van der Waals surface area contributed by atoms with Gasteiger partial charge in [-0.05, 0) is 82.2 Å². The Bertz CT molecular complexity index is 1180. The van der Waals surface area contributed by atoms with E-state index in [1.807, 2.05) is 76.3 Å². The van der Waals surface area contributed by atoms with Crippen molar-refractivity contribution >= 4 is 11.3 Å². The van der Waals surface area contributed by atoms with E-state index in [1.54, 1.807) is 13.0 Å². The zero-order valence-electron chi connectivity index (χ0n) is 24.8. The van der Waals surface area contributed by atoms with Crippen molar-refractivity contribution in [3.05, 3.63) is 131 Å². The lowest BCUT2D eigenvalue weighted by molar-refractivity contribution is 0.390. The van der Waals surface area contributed by atoms with Gasteiger partial charge in [-0.1, -0.05) is 117 Å².